The molecule has 0 aliphatic carbocycles. The van der Waals surface area contributed by atoms with Gasteiger partial charge in [-0.25, -0.2) is 0 Å². The van der Waals surface area contributed by atoms with Crippen molar-refractivity contribution in [3.63, 3.8) is 0 Å². The van der Waals surface area contributed by atoms with Crippen LogP contribution in [0.25, 0.3) is 0 Å². The number of fused-ring (bicyclic) bond motifs is 1. The molecule has 0 fully saturated rings. The Morgan fingerprint density at radius 1 is 0.964 bits per heavy atom. The Balaban J connectivity index is 1.55. The van der Waals surface area contributed by atoms with E-state index in [-0.39, 0.29) is 18.7 Å². The Kier molecular flexibility index (Phi) is 4.89. The molecule has 3 aromatic carbocycles. The van der Waals surface area contributed by atoms with Crippen LogP contribution in [0.15, 0.2) is 72.8 Å². The second-order valence-electron chi connectivity index (χ2n) is 6.72. The molecular formula is C23H22N2O3. The molecule has 1 aliphatic rings. The third-order valence-corrected chi connectivity index (χ3v) is 4.90. The Labute approximate surface area is 164 Å². The minimum atomic E-state index is -0.169. The highest BCUT2D eigenvalue weighted by atomic mass is 16.7. The molecule has 0 spiro atoms. The number of rotatable bonds is 5. The van der Waals surface area contributed by atoms with Crippen LogP contribution in [0.5, 0.6) is 11.5 Å². The van der Waals surface area contributed by atoms with Gasteiger partial charge in [-0.1, -0.05) is 36.4 Å². The number of carbonyl (C=O) groups excluding carboxylic acids is 1. The Morgan fingerprint density at radius 3 is 2.50 bits per heavy atom. The quantitative estimate of drug-likeness (QED) is 0.705. The lowest BCUT2D eigenvalue weighted by atomic mass is 10.1. The highest BCUT2D eigenvalue weighted by Crippen LogP contribution is 2.34. The zero-order valence-corrected chi connectivity index (χ0v) is 15.9. The van der Waals surface area contributed by atoms with Gasteiger partial charge in [0.1, 0.15) is 0 Å². The molecule has 0 unspecified atom stereocenters. The van der Waals surface area contributed by atoms with E-state index < -0.39 is 0 Å². The molecule has 0 saturated carbocycles. The van der Waals surface area contributed by atoms with Crippen molar-refractivity contribution in [3.8, 4) is 11.5 Å². The lowest BCUT2D eigenvalue weighted by molar-refractivity contribution is 0.0940. The van der Waals surface area contributed by atoms with Gasteiger partial charge in [-0.2, -0.15) is 0 Å². The minimum Gasteiger partial charge on any atom is -0.454 e. The van der Waals surface area contributed by atoms with Crippen molar-refractivity contribution >= 4 is 17.3 Å². The molecule has 0 bridgehead atoms. The number of ether oxygens (including phenoxy) is 2. The largest absolute Gasteiger partial charge is 0.454 e. The summed E-state index contributed by atoms with van der Waals surface area (Å²) in [5, 5.41) is 3.09. The van der Waals surface area contributed by atoms with E-state index in [1.54, 1.807) is 0 Å². The molecule has 142 valence electrons. The maximum atomic E-state index is 13.0. The molecule has 5 heteroatoms. The van der Waals surface area contributed by atoms with Crippen LogP contribution in [0.3, 0.4) is 0 Å². The molecule has 1 atom stereocenters. The van der Waals surface area contributed by atoms with E-state index in [2.05, 4.69) is 5.32 Å². The molecule has 1 aliphatic heterocycles. The van der Waals surface area contributed by atoms with Crippen LogP contribution in [0.1, 0.15) is 28.9 Å². The Hall–Kier alpha value is -3.47. The number of anilines is 2. The first-order chi connectivity index (χ1) is 13.6. The van der Waals surface area contributed by atoms with E-state index in [0.29, 0.717) is 11.3 Å². The Morgan fingerprint density at radius 2 is 1.68 bits per heavy atom. The maximum Gasteiger partial charge on any atom is 0.253 e. The average molecular weight is 374 g/mol. The van der Waals surface area contributed by atoms with Crippen LogP contribution in [-0.4, -0.2) is 19.7 Å². The van der Waals surface area contributed by atoms with Gasteiger partial charge >= 0.3 is 0 Å². The predicted molar refractivity (Wildman–Crippen MR) is 109 cm³/mol. The molecule has 1 amide bonds. The minimum absolute atomic E-state index is 0.122. The molecular weight excluding hydrogens is 352 g/mol. The second-order valence-corrected chi connectivity index (χ2v) is 6.72. The standard InChI is InChI=1S/C23H22N2O3/c1-16(17-12-13-21-22(14-17)28-15-27-21)24-23(26)19-10-6-7-11-20(19)25(2)18-8-4-3-5-9-18/h3-14,16H,15H2,1-2H3,(H,24,26)/t16-/m0/s1. The van der Waals surface area contributed by atoms with Crippen molar-refractivity contribution < 1.29 is 14.3 Å². The molecule has 3 aromatic rings. The fourth-order valence-electron chi connectivity index (χ4n) is 3.29. The maximum absolute atomic E-state index is 13.0. The van der Waals surface area contributed by atoms with E-state index in [0.717, 1.165) is 22.7 Å². The van der Waals surface area contributed by atoms with Gasteiger partial charge in [0.25, 0.3) is 5.91 Å². The highest BCUT2D eigenvalue weighted by molar-refractivity contribution is 6.00. The van der Waals surface area contributed by atoms with Gasteiger partial charge in [0.15, 0.2) is 11.5 Å². The summed E-state index contributed by atoms with van der Waals surface area (Å²) >= 11 is 0. The lowest BCUT2D eigenvalue weighted by Gasteiger charge is -2.23. The number of para-hydroxylation sites is 2. The molecule has 1 N–H and O–H groups in total. The van der Waals surface area contributed by atoms with Crippen LogP contribution in [0.4, 0.5) is 11.4 Å². The van der Waals surface area contributed by atoms with Crippen molar-refractivity contribution in [1.82, 2.24) is 5.32 Å². The normalized spacial score (nSPS) is 13.1. The molecule has 0 aromatic heterocycles. The van der Waals surface area contributed by atoms with Crippen LogP contribution in [0, 0.1) is 0 Å². The highest BCUT2D eigenvalue weighted by Gasteiger charge is 2.19. The number of hydrogen-bond donors (Lipinski definition) is 1. The summed E-state index contributed by atoms with van der Waals surface area (Å²) in [5.74, 6) is 1.32. The van der Waals surface area contributed by atoms with Crippen molar-refractivity contribution in [3.05, 3.63) is 83.9 Å². The summed E-state index contributed by atoms with van der Waals surface area (Å²) in [6, 6.07) is 23.1. The van der Waals surface area contributed by atoms with Gasteiger partial charge in [0.2, 0.25) is 6.79 Å². The lowest BCUT2D eigenvalue weighted by Crippen LogP contribution is -2.28. The average Bonchev–Trinajstić information content (AvgIpc) is 3.21. The SMILES string of the molecule is C[C@H](NC(=O)c1ccccc1N(C)c1ccccc1)c1ccc2c(c1)OCO2. The van der Waals surface area contributed by atoms with Gasteiger partial charge in [0.05, 0.1) is 17.3 Å². The van der Waals surface area contributed by atoms with Crippen molar-refractivity contribution in [2.24, 2.45) is 0 Å². The molecule has 0 saturated heterocycles. The smallest absolute Gasteiger partial charge is 0.253 e. The van der Waals surface area contributed by atoms with Crippen LogP contribution in [0.2, 0.25) is 0 Å². The third-order valence-electron chi connectivity index (χ3n) is 4.90. The first kappa shape index (κ1) is 17.9. The van der Waals surface area contributed by atoms with Gasteiger partial charge in [-0.15, -0.1) is 0 Å². The van der Waals surface area contributed by atoms with E-state index >= 15 is 0 Å². The summed E-state index contributed by atoms with van der Waals surface area (Å²) in [7, 11) is 1.96. The van der Waals surface area contributed by atoms with Crippen LogP contribution < -0.4 is 19.7 Å². The first-order valence-corrected chi connectivity index (χ1v) is 9.21. The molecule has 0 radical (unpaired) electrons. The van der Waals surface area contributed by atoms with Gasteiger partial charge < -0.3 is 19.7 Å². The monoisotopic (exact) mass is 374 g/mol. The van der Waals surface area contributed by atoms with E-state index in [1.165, 1.54) is 0 Å². The predicted octanol–water partition coefficient (Wildman–Crippen LogP) is 4.67. The molecule has 28 heavy (non-hydrogen) atoms. The van der Waals surface area contributed by atoms with E-state index in [4.69, 9.17) is 9.47 Å². The van der Waals surface area contributed by atoms with E-state index in [1.807, 2.05) is 91.7 Å². The third kappa shape index (κ3) is 3.51. The number of carbonyl (C=O) groups is 1. The topological polar surface area (TPSA) is 50.8 Å². The number of benzene rings is 3. The second kappa shape index (κ2) is 7.64. The van der Waals surface area contributed by atoms with Crippen LogP contribution >= 0.6 is 0 Å². The van der Waals surface area contributed by atoms with Gasteiger partial charge in [0, 0.05) is 12.7 Å². The fraction of sp³-hybridized carbons (Fsp3) is 0.174. The van der Waals surface area contributed by atoms with Gasteiger partial charge in [-0.05, 0) is 48.9 Å². The summed E-state index contributed by atoms with van der Waals surface area (Å²) < 4.78 is 10.8. The Bertz CT molecular complexity index is 988. The fourth-order valence-corrected chi connectivity index (χ4v) is 3.29. The summed E-state index contributed by atoms with van der Waals surface area (Å²) in [5.41, 5.74) is 3.46. The summed E-state index contributed by atoms with van der Waals surface area (Å²) in [4.78, 5) is 15.0. The molecule has 5 nitrogen and oxygen atoms in total. The van der Waals surface area contributed by atoms with Gasteiger partial charge in [-0.3, -0.25) is 4.79 Å². The summed E-state index contributed by atoms with van der Waals surface area (Å²) in [6.07, 6.45) is 0. The number of hydrogen-bond acceptors (Lipinski definition) is 4. The number of amides is 1. The molecule has 1 heterocycles. The number of nitrogens with zero attached hydrogens (tertiary/aromatic N) is 1. The summed E-state index contributed by atoms with van der Waals surface area (Å²) in [6.45, 7) is 2.19. The van der Waals surface area contributed by atoms with E-state index in [9.17, 15) is 4.79 Å². The van der Waals surface area contributed by atoms with Crippen molar-refractivity contribution in [1.29, 1.82) is 0 Å². The number of nitrogens with one attached hydrogen (secondary N) is 1. The van der Waals surface area contributed by atoms with Crippen molar-refractivity contribution in [2.45, 2.75) is 13.0 Å². The first-order valence-electron chi connectivity index (χ1n) is 9.21. The zero-order valence-electron chi connectivity index (χ0n) is 15.9. The van der Waals surface area contributed by atoms with Crippen molar-refractivity contribution in [2.75, 3.05) is 18.7 Å². The zero-order chi connectivity index (χ0) is 19.5. The van der Waals surface area contributed by atoms with Crippen LogP contribution in [-0.2, 0) is 0 Å². The molecule has 4 rings (SSSR count).